The predicted molar refractivity (Wildman–Crippen MR) is 193 cm³/mol. The highest BCUT2D eigenvalue weighted by atomic mass is 32.3. The average molecular weight is 779 g/mol. The van der Waals surface area contributed by atoms with E-state index >= 15 is 4.39 Å². The number of amides is 2. The van der Waals surface area contributed by atoms with E-state index in [0.717, 1.165) is 31.0 Å². The third-order valence-corrected chi connectivity index (χ3v) is 10.8. The van der Waals surface area contributed by atoms with Crippen LogP contribution in [0.15, 0.2) is 36.4 Å². The summed E-state index contributed by atoms with van der Waals surface area (Å²) in [6, 6.07) is 5.88. The molecular formula is C37H49BF2N2O11S. The standard InChI is InChI=1S/C37H49BF2N2O11S/c1-34(2,3)49-32(44)28-24(39)16-13-21(30(28)48-10)17-27(38-51-26-19-22-18-25(36(22,7)8)37(26,9)53-38)41-31(43)29(42-33(45)50-35(4,5)6)20-11-14-23(15-12-20)52-54(40,46)47/h11-16,22,25-27,29H,17-19H2,1-10H3,(H,41,43)(H,42,45)/t22-,25-,26+,27?,29?,37-/m0/s1. The van der Waals surface area contributed by atoms with Crippen LogP contribution in [0.5, 0.6) is 11.5 Å². The minimum atomic E-state index is -5.33. The van der Waals surface area contributed by atoms with E-state index in [4.69, 9.17) is 23.5 Å². The maximum Gasteiger partial charge on any atom is 0.488 e. The third kappa shape index (κ3) is 8.94. The molecule has 0 radical (unpaired) electrons. The lowest BCUT2D eigenvalue weighted by molar-refractivity contribution is -0.199. The number of ether oxygens (including phenoxy) is 3. The van der Waals surface area contributed by atoms with Gasteiger partial charge >= 0.3 is 29.7 Å². The summed E-state index contributed by atoms with van der Waals surface area (Å²) in [6.45, 7) is 16.3. The minimum absolute atomic E-state index is 0.00449. The van der Waals surface area contributed by atoms with Crippen molar-refractivity contribution in [3.63, 3.8) is 0 Å². The van der Waals surface area contributed by atoms with E-state index in [1.54, 1.807) is 41.5 Å². The second kappa shape index (κ2) is 14.6. The number of hydrogen-bond donors (Lipinski definition) is 2. The molecule has 6 rings (SSSR count). The number of rotatable bonds is 11. The summed E-state index contributed by atoms with van der Waals surface area (Å²) < 4.78 is 84.7. The van der Waals surface area contributed by atoms with E-state index in [9.17, 15) is 26.7 Å². The maximum atomic E-state index is 15.3. The van der Waals surface area contributed by atoms with E-state index in [1.807, 2.05) is 6.92 Å². The van der Waals surface area contributed by atoms with Gasteiger partial charge in [0.15, 0.2) is 0 Å². The van der Waals surface area contributed by atoms with Crippen molar-refractivity contribution in [3.8, 4) is 11.5 Å². The number of carbonyl (C=O) groups excluding carboxylic acids is 3. The van der Waals surface area contributed by atoms with E-state index in [2.05, 4.69) is 28.7 Å². The van der Waals surface area contributed by atoms with Gasteiger partial charge < -0.3 is 38.3 Å². The van der Waals surface area contributed by atoms with Crippen molar-refractivity contribution < 1.29 is 58.8 Å². The molecule has 0 spiro atoms. The highest BCUT2D eigenvalue weighted by Gasteiger charge is 2.68. The van der Waals surface area contributed by atoms with E-state index in [0.29, 0.717) is 11.5 Å². The van der Waals surface area contributed by atoms with Gasteiger partial charge in [-0.25, -0.2) is 14.0 Å². The van der Waals surface area contributed by atoms with Crippen LogP contribution in [0.2, 0.25) is 0 Å². The molecule has 2 bridgehead atoms. The van der Waals surface area contributed by atoms with Gasteiger partial charge in [-0.15, -0.1) is 0 Å². The molecular weight excluding hydrogens is 729 g/mol. The number of carbonyl (C=O) groups is 3. The predicted octanol–water partition coefficient (Wildman–Crippen LogP) is 5.94. The van der Waals surface area contributed by atoms with Crippen LogP contribution in [-0.4, -0.2) is 69.5 Å². The Kier molecular flexibility index (Phi) is 11.1. The number of methoxy groups -OCH3 is 1. The molecule has 4 fully saturated rings. The molecule has 4 aliphatic rings. The molecule has 2 amide bonds. The third-order valence-electron chi connectivity index (χ3n) is 10.4. The number of halogens is 2. The van der Waals surface area contributed by atoms with Crippen molar-refractivity contribution in [3.05, 3.63) is 58.9 Å². The van der Waals surface area contributed by atoms with Crippen molar-refractivity contribution in [2.24, 2.45) is 17.3 Å². The lowest BCUT2D eigenvalue weighted by atomic mass is 9.43. The van der Waals surface area contributed by atoms with Gasteiger partial charge in [0.25, 0.3) is 0 Å². The molecule has 3 aliphatic carbocycles. The fraction of sp³-hybridized carbons (Fsp3) is 0.595. The van der Waals surface area contributed by atoms with Crippen molar-refractivity contribution in [2.45, 2.75) is 116 Å². The van der Waals surface area contributed by atoms with Gasteiger partial charge in [0.1, 0.15) is 40.1 Å². The zero-order valence-corrected chi connectivity index (χ0v) is 33.0. The van der Waals surface area contributed by atoms with Crippen LogP contribution in [0.4, 0.5) is 13.1 Å². The molecule has 2 aromatic rings. The van der Waals surface area contributed by atoms with E-state index < -0.39 is 75.8 Å². The Morgan fingerprint density at radius 2 is 1.59 bits per heavy atom. The Labute approximate surface area is 315 Å². The Bertz CT molecular complexity index is 1880. The molecule has 1 aliphatic heterocycles. The first-order valence-corrected chi connectivity index (χ1v) is 19.1. The summed E-state index contributed by atoms with van der Waals surface area (Å²) >= 11 is 0. The topological polar surface area (TPSA) is 165 Å². The van der Waals surface area contributed by atoms with E-state index in [-0.39, 0.29) is 40.9 Å². The van der Waals surface area contributed by atoms with Crippen LogP contribution >= 0.6 is 0 Å². The summed E-state index contributed by atoms with van der Waals surface area (Å²) in [5, 5.41) is 5.50. The fourth-order valence-corrected chi connectivity index (χ4v) is 8.20. The molecule has 2 aromatic carbocycles. The normalized spacial score (nSPS) is 24.3. The molecule has 3 saturated carbocycles. The Morgan fingerprint density at radius 1 is 0.963 bits per heavy atom. The molecule has 1 heterocycles. The largest absolute Gasteiger partial charge is 0.495 e. The van der Waals surface area contributed by atoms with Crippen LogP contribution in [0.3, 0.4) is 0 Å². The summed E-state index contributed by atoms with van der Waals surface area (Å²) in [6.07, 6.45) is 0.383. The molecule has 6 atom stereocenters. The highest BCUT2D eigenvalue weighted by molar-refractivity contribution is 7.81. The van der Waals surface area contributed by atoms with Gasteiger partial charge in [-0.1, -0.05) is 35.9 Å². The van der Waals surface area contributed by atoms with Crippen molar-refractivity contribution >= 4 is 35.6 Å². The zero-order chi connectivity index (χ0) is 40.2. The highest BCUT2D eigenvalue weighted by Crippen LogP contribution is 2.65. The number of nitrogens with one attached hydrogen (secondary N) is 2. The number of hydrogen-bond acceptors (Lipinski definition) is 11. The molecule has 54 heavy (non-hydrogen) atoms. The Balaban J connectivity index is 1.53. The van der Waals surface area contributed by atoms with Gasteiger partial charge in [-0.2, -0.15) is 8.42 Å². The van der Waals surface area contributed by atoms with Gasteiger partial charge in [-0.3, -0.25) is 4.79 Å². The second-order valence-electron chi connectivity index (χ2n) is 16.9. The van der Waals surface area contributed by atoms with Gasteiger partial charge in [0, 0.05) is 0 Å². The number of alkyl carbamates (subject to hydrolysis) is 1. The first-order valence-electron chi connectivity index (χ1n) is 17.8. The molecule has 1 saturated heterocycles. The van der Waals surface area contributed by atoms with Crippen LogP contribution < -0.4 is 19.6 Å². The molecule has 2 N–H and O–H groups in total. The van der Waals surface area contributed by atoms with Crippen LogP contribution in [0, 0.1) is 23.1 Å². The summed E-state index contributed by atoms with van der Waals surface area (Å²) in [5.41, 5.74) is -2.50. The van der Waals surface area contributed by atoms with Crippen LogP contribution in [-0.2, 0) is 40.5 Å². The first kappa shape index (κ1) is 41.2. The quantitative estimate of drug-likeness (QED) is 0.158. The lowest BCUT2D eigenvalue weighted by Crippen LogP contribution is -2.65. The SMILES string of the molecule is COc1c(CC(NC(=O)C(NC(=O)OC(C)(C)C)c2ccc(OS(=O)(=O)F)cc2)B2O[C@@H]3C[C@@H]4C[C@@H](C4(C)C)[C@]3(C)O2)ccc(F)c1C(=O)OC(C)(C)C. The van der Waals surface area contributed by atoms with Crippen molar-refractivity contribution in [2.75, 3.05) is 7.11 Å². The molecule has 17 heteroatoms. The zero-order valence-electron chi connectivity index (χ0n) is 32.2. The van der Waals surface area contributed by atoms with Crippen LogP contribution in [0.25, 0.3) is 0 Å². The van der Waals surface area contributed by atoms with Gasteiger partial charge in [-0.05, 0) is 114 Å². The number of benzene rings is 2. The fourth-order valence-electron chi connectivity index (χ4n) is 7.86. The average Bonchev–Trinajstić information content (AvgIpc) is 3.39. The summed E-state index contributed by atoms with van der Waals surface area (Å²) in [5.74, 6) is -3.45. The van der Waals surface area contributed by atoms with Gasteiger partial charge in [0.2, 0.25) is 5.91 Å². The molecule has 13 nitrogen and oxygen atoms in total. The van der Waals surface area contributed by atoms with Crippen molar-refractivity contribution in [1.29, 1.82) is 0 Å². The summed E-state index contributed by atoms with van der Waals surface area (Å²) in [4.78, 5) is 40.7. The molecule has 296 valence electrons. The number of esters is 1. The molecule has 0 aromatic heterocycles. The Hall–Kier alpha value is -3.96. The smallest absolute Gasteiger partial charge is 0.488 e. The minimum Gasteiger partial charge on any atom is -0.495 e. The van der Waals surface area contributed by atoms with E-state index in [1.165, 1.54) is 25.3 Å². The van der Waals surface area contributed by atoms with Crippen molar-refractivity contribution in [1.82, 2.24) is 10.6 Å². The first-order chi connectivity index (χ1) is 24.8. The lowest BCUT2D eigenvalue weighted by Gasteiger charge is -2.64. The second-order valence-corrected chi connectivity index (χ2v) is 17.9. The maximum absolute atomic E-state index is 15.3. The van der Waals surface area contributed by atoms with Gasteiger partial charge in [0.05, 0.1) is 24.8 Å². The monoisotopic (exact) mass is 778 g/mol. The Morgan fingerprint density at radius 3 is 2.15 bits per heavy atom. The summed E-state index contributed by atoms with van der Waals surface area (Å²) in [7, 11) is -5.08. The molecule has 2 unspecified atom stereocenters. The van der Waals surface area contributed by atoms with Crippen LogP contribution in [0.1, 0.15) is 103 Å².